The van der Waals surface area contributed by atoms with Crippen LogP contribution in [-0.2, 0) is 24.3 Å². The van der Waals surface area contributed by atoms with Crippen molar-refractivity contribution < 1.29 is 23.8 Å². The van der Waals surface area contributed by atoms with Crippen molar-refractivity contribution in [2.75, 3.05) is 11.1 Å². The zero-order chi connectivity index (χ0) is 23.7. The molecule has 4 rings (SSSR count). The van der Waals surface area contributed by atoms with E-state index in [1.165, 1.54) is 29.5 Å². The molecule has 0 unspecified atom stereocenters. The number of aryl methyl sites for hydroxylation is 1. The Kier molecular flexibility index (Phi) is 6.48. The van der Waals surface area contributed by atoms with Crippen molar-refractivity contribution in [1.82, 2.24) is 9.88 Å². The van der Waals surface area contributed by atoms with Crippen molar-refractivity contribution in [2.45, 2.75) is 39.3 Å². The molecule has 2 amide bonds. The maximum atomic E-state index is 13.6. The maximum absolute atomic E-state index is 13.6. The van der Waals surface area contributed by atoms with Crippen molar-refractivity contribution in [3.05, 3.63) is 62.6 Å². The molecule has 0 radical (unpaired) electrons. The van der Waals surface area contributed by atoms with E-state index in [-0.39, 0.29) is 28.6 Å². The summed E-state index contributed by atoms with van der Waals surface area (Å²) < 4.78 is 15.2. The van der Waals surface area contributed by atoms with E-state index in [9.17, 15) is 18.8 Å². The van der Waals surface area contributed by atoms with Gasteiger partial charge < -0.3 is 15.2 Å². The van der Waals surface area contributed by atoms with Gasteiger partial charge in [-0.25, -0.2) is 9.37 Å². The number of fused-ring (bicyclic) bond motifs is 1. The number of ketones is 1. The lowest BCUT2D eigenvalue weighted by Gasteiger charge is -2.18. The van der Waals surface area contributed by atoms with E-state index in [1.807, 2.05) is 0 Å². The minimum Gasteiger partial charge on any atom is -0.344 e. The molecule has 3 aromatic rings. The fourth-order valence-electron chi connectivity index (χ4n) is 3.87. The third kappa shape index (κ3) is 4.62. The summed E-state index contributed by atoms with van der Waals surface area (Å²) in [5.41, 5.74) is 7.20. The van der Waals surface area contributed by atoms with Gasteiger partial charge in [-0.15, -0.1) is 0 Å². The molecule has 8 nitrogen and oxygen atoms in total. The van der Waals surface area contributed by atoms with Crippen LogP contribution >= 0.6 is 22.9 Å². The first-order valence-corrected chi connectivity index (χ1v) is 11.5. The number of nitrogen functional groups attached to an aromatic ring is 1. The average molecular weight is 491 g/mol. The van der Waals surface area contributed by atoms with Crippen molar-refractivity contribution in [1.29, 1.82) is 0 Å². The lowest BCUT2D eigenvalue weighted by Crippen LogP contribution is -2.32. The highest BCUT2D eigenvalue weighted by Gasteiger charge is 2.33. The van der Waals surface area contributed by atoms with Crippen LogP contribution in [0.5, 0.6) is 0 Å². The largest absolute Gasteiger partial charge is 0.344 e. The number of hydrogen-bond donors (Lipinski definition) is 3. The van der Waals surface area contributed by atoms with Crippen LogP contribution < -0.4 is 21.4 Å². The van der Waals surface area contributed by atoms with Crippen LogP contribution in [0.3, 0.4) is 0 Å². The molecule has 0 atom stereocenters. The molecule has 0 aliphatic carbocycles. The lowest BCUT2D eigenvalue weighted by molar-refractivity contribution is -0.354. The van der Waals surface area contributed by atoms with Gasteiger partial charge >= 0.3 is 5.13 Å². The SMILES string of the molecule is Cc1cc(NC(=O)c2c(Cl)c(C(=O)C(=O)NCc3c[nH+]c(N)s3)n3c2CCCC3)ccc1F. The monoisotopic (exact) mass is 490 g/mol. The number of anilines is 2. The molecule has 11 heteroatoms. The number of carbonyl (C=O) groups excluding carboxylic acids is 3. The van der Waals surface area contributed by atoms with Gasteiger partial charge in [-0.1, -0.05) is 22.9 Å². The van der Waals surface area contributed by atoms with E-state index in [0.29, 0.717) is 35.0 Å². The van der Waals surface area contributed by atoms with Crippen LogP contribution in [0.25, 0.3) is 0 Å². The molecule has 0 bridgehead atoms. The molecule has 3 heterocycles. The second-order valence-electron chi connectivity index (χ2n) is 7.74. The number of amides is 2. The lowest BCUT2D eigenvalue weighted by atomic mass is 10.1. The van der Waals surface area contributed by atoms with Crippen molar-refractivity contribution in [3.8, 4) is 0 Å². The number of nitrogens with zero attached hydrogens (tertiary/aromatic N) is 1. The minimum atomic E-state index is -0.823. The van der Waals surface area contributed by atoms with Gasteiger partial charge in [0.25, 0.3) is 17.6 Å². The molecule has 0 saturated heterocycles. The summed E-state index contributed by atoms with van der Waals surface area (Å²) in [7, 11) is 0. The van der Waals surface area contributed by atoms with Gasteiger partial charge in [0.1, 0.15) is 17.7 Å². The van der Waals surface area contributed by atoms with Gasteiger partial charge in [-0.2, -0.15) is 0 Å². The van der Waals surface area contributed by atoms with E-state index >= 15 is 0 Å². The molecule has 1 aliphatic rings. The summed E-state index contributed by atoms with van der Waals surface area (Å²) in [4.78, 5) is 42.3. The summed E-state index contributed by atoms with van der Waals surface area (Å²) in [6.45, 7) is 2.20. The van der Waals surface area contributed by atoms with E-state index in [2.05, 4.69) is 15.6 Å². The van der Waals surface area contributed by atoms with Gasteiger partial charge in [0, 0.05) is 17.9 Å². The van der Waals surface area contributed by atoms with Crippen molar-refractivity contribution >= 4 is 51.4 Å². The van der Waals surface area contributed by atoms with Gasteiger partial charge in [0.05, 0.1) is 22.0 Å². The molecule has 1 aliphatic heterocycles. The number of H-pyrrole nitrogens is 1. The number of hydrogen-bond acceptors (Lipinski definition) is 5. The number of nitrogens with two attached hydrogens (primary N) is 1. The highest BCUT2D eigenvalue weighted by Crippen LogP contribution is 2.33. The molecule has 0 spiro atoms. The normalized spacial score (nSPS) is 12.8. The van der Waals surface area contributed by atoms with Gasteiger partial charge in [-0.05, 0) is 49.9 Å². The molecular weight excluding hydrogens is 469 g/mol. The zero-order valence-corrected chi connectivity index (χ0v) is 19.3. The summed E-state index contributed by atoms with van der Waals surface area (Å²) in [6.07, 6.45) is 3.81. The average Bonchev–Trinajstić information content (AvgIpc) is 3.33. The maximum Gasteiger partial charge on any atom is 0.329 e. The predicted octanol–water partition coefficient (Wildman–Crippen LogP) is 3.13. The van der Waals surface area contributed by atoms with E-state index in [0.717, 1.165) is 17.7 Å². The highest BCUT2D eigenvalue weighted by molar-refractivity contribution is 7.14. The highest BCUT2D eigenvalue weighted by atomic mass is 35.5. The van der Waals surface area contributed by atoms with E-state index in [1.54, 1.807) is 17.7 Å². The smallest absolute Gasteiger partial charge is 0.329 e. The van der Waals surface area contributed by atoms with Gasteiger partial charge in [0.15, 0.2) is 0 Å². The number of aromatic amines is 1. The molecule has 33 heavy (non-hydrogen) atoms. The number of halogens is 2. The first-order chi connectivity index (χ1) is 15.8. The number of benzene rings is 1. The molecule has 0 saturated carbocycles. The Balaban J connectivity index is 1.61. The fraction of sp³-hybridized carbons (Fsp3) is 0.273. The minimum absolute atomic E-state index is 0.00144. The first kappa shape index (κ1) is 22.9. The number of aromatic nitrogens is 2. The number of thiazole rings is 1. The Morgan fingerprint density at radius 1 is 1.30 bits per heavy atom. The van der Waals surface area contributed by atoms with Crippen LogP contribution in [0.4, 0.5) is 15.2 Å². The second kappa shape index (κ2) is 9.32. The van der Waals surface area contributed by atoms with Crippen LogP contribution in [0, 0.1) is 12.7 Å². The summed E-state index contributed by atoms with van der Waals surface area (Å²) in [6, 6.07) is 4.23. The van der Waals surface area contributed by atoms with Crippen molar-refractivity contribution in [2.24, 2.45) is 0 Å². The Labute approximate surface area is 197 Å². The summed E-state index contributed by atoms with van der Waals surface area (Å²) in [5, 5.41) is 5.72. The summed E-state index contributed by atoms with van der Waals surface area (Å²) in [5.74, 6) is -2.53. The number of carbonyl (C=O) groups is 3. The molecule has 1 aromatic carbocycles. The number of rotatable bonds is 6. The quantitative estimate of drug-likeness (QED) is 0.363. The fourth-order valence-corrected chi connectivity index (χ4v) is 4.91. The third-order valence-corrected chi connectivity index (χ3v) is 6.69. The van der Waals surface area contributed by atoms with E-state index < -0.39 is 17.6 Å². The predicted molar refractivity (Wildman–Crippen MR) is 123 cm³/mol. The zero-order valence-electron chi connectivity index (χ0n) is 17.8. The molecule has 2 aromatic heterocycles. The Bertz CT molecular complexity index is 1270. The molecular formula is C22H22ClFN5O3S+. The van der Waals surface area contributed by atoms with Crippen LogP contribution in [0.15, 0.2) is 24.4 Å². The molecule has 5 N–H and O–H groups in total. The van der Waals surface area contributed by atoms with Crippen LogP contribution in [-0.4, -0.2) is 22.2 Å². The van der Waals surface area contributed by atoms with Gasteiger partial charge in [0.2, 0.25) is 0 Å². The first-order valence-electron chi connectivity index (χ1n) is 10.3. The van der Waals surface area contributed by atoms with Crippen molar-refractivity contribution in [3.63, 3.8) is 0 Å². The van der Waals surface area contributed by atoms with Crippen LogP contribution in [0.2, 0.25) is 5.02 Å². The van der Waals surface area contributed by atoms with Crippen LogP contribution in [0.1, 0.15) is 49.8 Å². The Morgan fingerprint density at radius 3 is 2.79 bits per heavy atom. The summed E-state index contributed by atoms with van der Waals surface area (Å²) >= 11 is 7.80. The number of Topliss-reactive ketones (excluding diaryl/α,β-unsaturated/α-hetero) is 1. The molecule has 0 fully saturated rings. The van der Waals surface area contributed by atoms with E-state index in [4.69, 9.17) is 17.3 Å². The third-order valence-electron chi connectivity index (χ3n) is 5.46. The Morgan fingerprint density at radius 2 is 2.09 bits per heavy atom. The standard InChI is InChI=1S/C22H21ClFN5O3S/c1-11-8-12(5-6-14(11)24)28-20(31)16-15-4-2-3-7-29(15)18(17(16)23)19(30)21(32)26-9-13-10-27-22(25)33-13/h5-6,8,10H,2-4,7,9H2,1H3,(H2,25,27)(H,26,32)(H,28,31)/p+1. The number of nitrogens with one attached hydrogen (secondary N) is 3. The van der Waals surface area contributed by atoms with Gasteiger partial charge in [-0.3, -0.25) is 20.1 Å². The Hall–Kier alpha value is -3.24. The second-order valence-corrected chi connectivity index (χ2v) is 9.29. The molecule has 172 valence electrons. The topological polar surface area (TPSA) is 120 Å².